The zero-order chi connectivity index (χ0) is 15.2. The molecular formula is C17H17N3O2. The highest BCUT2D eigenvalue weighted by atomic mass is 16.5. The standard InChI is InChI=1S/C17H17N3O2/c21-17(8-9-22-12-13-4-2-1-3-5-13)19-15-6-7-16-14(10-15)11-18-20-16/h1-7,10-11H,8-9,12H2,(H,18,20)(H,19,21). The van der Waals surface area contributed by atoms with Crippen molar-refractivity contribution in [3.8, 4) is 0 Å². The number of aromatic amines is 1. The molecule has 0 unspecified atom stereocenters. The second kappa shape index (κ2) is 6.87. The maximum Gasteiger partial charge on any atom is 0.226 e. The summed E-state index contributed by atoms with van der Waals surface area (Å²) in [6.45, 7) is 0.920. The van der Waals surface area contributed by atoms with Gasteiger partial charge in [0.15, 0.2) is 0 Å². The van der Waals surface area contributed by atoms with Gasteiger partial charge in [0, 0.05) is 11.1 Å². The van der Waals surface area contributed by atoms with E-state index in [0.29, 0.717) is 19.6 Å². The lowest BCUT2D eigenvalue weighted by atomic mass is 10.2. The van der Waals surface area contributed by atoms with E-state index in [1.807, 2.05) is 48.5 Å². The van der Waals surface area contributed by atoms with Gasteiger partial charge in [-0.2, -0.15) is 5.10 Å². The van der Waals surface area contributed by atoms with Crippen LogP contribution in [0.3, 0.4) is 0 Å². The third-order valence-corrected chi connectivity index (χ3v) is 3.31. The summed E-state index contributed by atoms with van der Waals surface area (Å²) < 4.78 is 5.51. The number of carbonyl (C=O) groups is 1. The summed E-state index contributed by atoms with van der Waals surface area (Å²) in [6.07, 6.45) is 2.06. The summed E-state index contributed by atoms with van der Waals surface area (Å²) >= 11 is 0. The lowest BCUT2D eigenvalue weighted by Gasteiger charge is -2.06. The third-order valence-electron chi connectivity index (χ3n) is 3.31. The molecule has 0 bridgehead atoms. The number of anilines is 1. The van der Waals surface area contributed by atoms with E-state index in [9.17, 15) is 4.79 Å². The quantitative estimate of drug-likeness (QED) is 0.687. The summed E-state index contributed by atoms with van der Waals surface area (Å²) in [5.74, 6) is -0.0593. The molecule has 0 aliphatic rings. The molecule has 0 saturated carbocycles. The first-order chi connectivity index (χ1) is 10.8. The smallest absolute Gasteiger partial charge is 0.226 e. The Kier molecular flexibility index (Phi) is 4.46. The van der Waals surface area contributed by atoms with Gasteiger partial charge in [-0.1, -0.05) is 30.3 Å². The van der Waals surface area contributed by atoms with Crippen LogP contribution in [0.15, 0.2) is 54.7 Å². The number of H-pyrrole nitrogens is 1. The number of ether oxygens (including phenoxy) is 1. The molecule has 0 atom stereocenters. The summed E-state index contributed by atoms with van der Waals surface area (Å²) in [7, 11) is 0. The van der Waals surface area contributed by atoms with Crippen molar-refractivity contribution < 1.29 is 9.53 Å². The highest BCUT2D eigenvalue weighted by Crippen LogP contribution is 2.16. The number of aromatic nitrogens is 2. The van der Waals surface area contributed by atoms with Crippen LogP contribution in [0.5, 0.6) is 0 Å². The van der Waals surface area contributed by atoms with E-state index in [-0.39, 0.29) is 5.91 Å². The molecule has 1 heterocycles. The van der Waals surface area contributed by atoms with Crippen LogP contribution in [-0.2, 0) is 16.1 Å². The molecule has 0 spiro atoms. The Hall–Kier alpha value is -2.66. The van der Waals surface area contributed by atoms with Crippen LogP contribution >= 0.6 is 0 Å². The molecule has 1 aromatic heterocycles. The van der Waals surface area contributed by atoms with Crippen molar-refractivity contribution in [2.24, 2.45) is 0 Å². The lowest BCUT2D eigenvalue weighted by molar-refractivity contribution is -0.117. The van der Waals surface area contributed by atoms with Crippen molar-refractivity contribution in [1.29, 1.82) is 0 Å². The van der Waals surface area contributed by atoms with Crippen molar-refractivity contribution in [3.63, 3.8) is 0 Å². The van der Waals surface area contributed by atoms with E-state index in [0.717, 1.165) is 22.2 Å². The summed E-state index contributed by atoms with van der Waals surface area (Å²) in [5.41, 5.74) is 2.82. The van der Waals surface area contributed by atoms with E-state index >= 15 is 0 Å². The molecule has 0 fully saturated rings. The molecule has 2 aromatic carbocycles. The fourth-order valence-electron chi connectivity index (χ4n) is 2.17. The van der Waals surface area contributed by atoms with Crippen LogP contribution < -0.4 is 5.32 Å². The Morgan fingerprint density at radius 1 is 1.18 bits per heavy atom. The molecule has 1 amide bonds. The van der Waals surface area contributed by atoms with Gasteiger partial charge in [0.25, 0.3) is 0 Å². The molecule has 0 aliphatic carbocycles. The number of carbonyl (C=O) groups excluding carboxylic acids is 1. The molecule has 5 nitrogen and oxygen atoms in total. The summed E-state index contributed by atoms with van der Waals surface area (Å²) in [5, 5.41) is 10.7. The summed E-state index contributed by atoms with van der Waals surface area (Å²) in [6, 6.07) is 15.5. The third kappa shape index (κ3) is 3.71. The minimum absolute atomic E-state index is 0.0593. The highest BCUT2D eigenvalue weighted by Gasteiger charge is 2.04. The van der Waals surface area contributed by atoms with Crippen LogP contribution in [-0.4, -0.2) is 22.7 Å². The van der Waals surface area contributed by atoms with Crippen molar-refractivity contribution in [2.75, 3.05) is 11.9 Å². The topological polar surface area (TPSA) is 67.0 Å². The molecule has 3 aromatic rings. The highest BCUT2D eigenvalue weighted by molar-refractivity contribution is 5.93. The Morgan fingerprint density at radius 2 is 2.05 bits per heavy atom. The minimum atomic E-state index is -0.0593. The molecule has 0 radical (unpaired) electrons. The molecule has 0 aliphatic heterocycles. The second-order valence-electron chi connectivity index (χ2n) is 5.01. The van der Waals surface area contributed by atoms with E-state index < -0.39 is 0 Å². The van der Waals surface area contributed by atoms with Crippen molar-refractivity contribution in [1.82, 2.24) is 10.2 Å². The number of hydrogen-bond acceptors (Lipinski definition) is 3. The number of benzene rings is 2. The van der Waals surface area contributed by atoms with Gasteiger partial charge in [0.05, 0.1) is 31.3 Å². The molecule has 0 saturated heterocycles. The second-order valence-corrected chi connectivity index (χ2v) is 5.01. The summed E-state index contributed by atoms with van der Waals surface area (Å²) in [4.78, 5) is 11.9. The Balaban J connectivity index is 1.44. The van der Waals surface area contributed by atoms with Crippen LogP contribution in [0.1, 0.15) is 12.0 Å². The van der Waals surface area contributed by atoms with Crippen LogP contribution in [0.4, 0.5) is 5.69 Å². The first-order valence-electron chi connectivity index (χ1n) is 7.16. The van der Waals surface area contributed by atoms with E-state index in [4.69, 9.17) is 4.74 Å². The van der Waals surface area contributed by atoms with Gasteiger partial charge in [-0.15, -0.1) is 0 Å². The normalized spacial score (nSPS) is 10.7. The lowest BCUT2D eigenvalue weighted by Crippen LogP contribution is -2.14. The van der Waals surface area contributed by atoms with Gasteiger partial charge in [0.1, 0.15) is 0 Å². The van der Waals surface area contributed by atoms with E-state index in [1.54, 1.807) is 6.20 Å². The van der Waals surface area contributed by atoms with Crippen LogP contribution in [0.25, 0.3) is 10.9 Å². The number of hydrogen-bond donors (Lipinski definition) is 2. The Morgan fingerprint density at radius 3 is 2.91 bits per heavy atom. The van der Waals surface area contributed by atoms with E-state index in [1.165, 1.54) is 0 Å². The predicted octanol–water partition coefficient (Wildman–Crippen LogP) is 3.11. The number of fused-ring (bicyclic) bond motifs is 1. The zero-order valence-electron chi connectivity index (χ0n) is 12.1. The molecule has 5 heteroatoms. The Bertz CT molecular complexity index is 753. The van der Waals surface area contributed by atoms with Gasteiger partial charge < -0.3 is 10.1 Å². The number of nitrogens with zero attached hydrogens (tertiary/aromatic N) is 1. The van der Waals surface area contributed by atoms with Gasteiger partial charge >= 0.3 is 0 Å². The van der Waals surface area contributed by atoms with Gasteiger partial charge in [-0.25, -0.2) is 0 Å². The SMILES string of the molecule is O=C(CCOCc1ccccc1)Nc1ccc2[nH]ncc2c1. The monoisotopic (exact) mass is 295 g/mol. The van der Waals surface area contributed by atoms with Crippen LogP contribution in [0.2, 0.25) is 0 Å². The number of nitrogens with one attached hydrogen (secondary N) is 2. The maximum absolute atomic E-state index is 11.9. The first-order valence-corrected chi connectivity index (χ1v) is 7.16. The molecular weight excluding hydrogens is 278 g/mol. The van der Waals surface area contributed by atoms with Crippen molar-refractivity contribution in [3.05, 3.63) is 60.3 Å². The van der Waals surface area contributed by atoms with Gasteiger partial charge in [-0.05, 0) is 23.8 Å². The molecule has 3 rings (SSSR count). The molecule has 2 N–H and O–H groups in total. The average molecular weight is 295 g/mol. The predicted molar refractivity (Wildman–Crippen MR) is 85.4 cm³/mol. The number of amides is 1. The van der Waals surface area contributed by atoms with E-state index in [2.05, 4.69) is 15.5 Å². The van der Waals surface area contributed by atoms with Crippen molar-refractivity contribution in [2.45, 2.75) is 13.0 Å². The van der Waals surface area contributed by atoms with Gasteiger partial charge in [-0.3, -0.25) is 9.89 Å². The molecule has 112 valence electrons. The fourth-order valence-corrected chi connectivity index (χ4v) is 2.17. The first kappa shape index (κ1) is 14.3. The maximum atomic E-state index is 11.9. The van der Waals surface area contributed by atoms with Crippen molar-refractivity contribution >= 4 is 22.5 Å². The van der Waals surface area contributed by atoms with Crippen LogP contribution in [0, 0.1) is 0 Å². The average Bonchev–Trinajstić information content (AvgIpc) is 3.00. The fraction of sp³-hybridized carbons (Fsp3) is 0.176. The zero-order valence-corrected chi connectivity index (χ0v) is 12.1. The van der Waals surface area contributed by atoms with Gasteiger partial charge in [0.2, 0.25) is 5.91 Å². The largest absolute Gasteiger partial charge is 0.376 e. The minimum Gasteiger partial charge on any atom is -0.376 e. The Labute approximate surface area is 128 Å². The number of rotatable bonds is 6. The molecule has 22 heavy (non-hydrogen) atoms.